The molecule has 0 bridgehead atoms. The molecule has 1 fully saturated rings. The minimum atomic E-state index is -0.710. The van der Waals surface area contributed by atoms with Crippen molar-refractivity contribution in [1.82, 2.24) is 4.90 Å². The largest absolute Gasteiger partial charge is 0.480 e. The lowest BCUT2D eigenvalue weighted by atomic mass is 10.2. The fraction of sp³-hybridized carbons (Fsp3) is 0.500. The molecule has 0 unspecified atom stereocenters. The number of carbonyl (C=O) groups is 1. The Morgan fingerprint density at radius 2 is 2.22 bits per heavy atom. The van der Waals surface area contributed by atoms with E-state index in [4.69, 9.17) is 5.11 Å². The van der Waals surface area contributed by atoms with Crippen LogP contribution in [0.2, 0.25) is 0 Å². The number of carboxylic acid groups (broad SMARTS) is 1. The number of likely N-dealkylation sites (tertiary alicyclic amines) is 1. The zero-order valence-electron chi connectivity index (χ0n) is 10.7. The highest BCUT2D eigenvalue weighted by molar-refractivity contribution is 5.73. The van der Waals surface area contributed by atoms with Gasteiger partial charge in [-0.15, -0.1) is 0 Å². The van der Waals surface area contributed by atoms with Crippen molar-refractivity contribution < 1.29 is 9.90 Å². The van der Waals surface area contributed by atoms with Gasteiger partial charge in [0.05, 0.1) is 0 Å². The highest BCUT2D eigenvalue weighted by Crippen LogP contribution is 2.18. The summed E-state index contributed by atoms with van der Waals surface area (Å²) >= 11 is 0. The van der Waals surface area contributed by atoms with Crippen molar-refractivity contribution in [3.05, 3.63) is 30.3 Å². The van der Waals surface area contributed by atoms with Gasteiger partial charge >= 0.3 is 5.97 Å². The zero-order valence-corrected chi connectivity index (χ0v) is 10.7. The average Bonchev–Trinajstić information content (AvgIpc) is 2.79. The summed E-state index contributed by atoms with van der Waals surface area (Å²) in [4.78, 5) is 13.2. The summed E-state index contributed by atoms with van der Waals surface area (Å²) in [5.74, 6) is -0.710. The first-order valence-corrected chi connectivity index (χ1v) is 6.49. The van der Waals surface area contributed by atoms with Gasteiger partial charge < -0.3 is 10.4 Å². The normalized spacial score (nSPS) is 21.7. The molecule has 0 amide bonds. The minimum Gasteiger partial charge on any atom is -0.480 e. The first-order chi connectivity index (χ1) is 8.70. The van der Waals surface area contributed by atoms with E-state index in [0.717, 1.165) is 25.2 Å². The van der Waals surface area contributed by atoms with Crippen molar-refractivity contribution in [2.45, 2.75) is 31.8 Å². The predicted molar refractivity (Wildman–Crippen MR) is 71.8 cm³/mol. The van der Waals surface area contributed by atoms with Gasteiger partial charge in [-0.05, 0) is 25.0 Å². The molecule has 98 valence electrons. The molecule has 2 atom stereocenters. The molecule has 4 nitrogen and oxygen atoms in total. The van der Waals surface area contributed by atoms with E-state index < -0.39 is 5.97 Å². The lowest BCUT2D eigenvalue weighted by molar-refractivity contribution is -0.143. The first kappa shape index (κ1) is 12.9. The van der Waals surface area contributed by atoms with E-state index in [1.807, 2.05) is 37.3 Å². The van der Waals surface area contributed by atoms with Crippen LogP contribution in [0, 0.1) is 0 Å². The number of para-hydroxylation sites is 1. The second-order valence-electron chi connectivity index (χ2n) is 4.75. The monoisotopic (exact) mass is 248 g/mol. The van der Waals surface area contributed by atoms with Crippen LogP contribution < -0.4 is 5.32 Å². The fourth-order valence-corrected chi connectivity index (χ4v) is 2.55. The molecule has 0 aliphatic carbocycles. The number of nitrogens with one attached hydrogen (secondary N) is 1. The number of nitrogens with zero attached hydrogens (tertiary/aromatic N) is 1. The van der Waals surface area contributed by atoms with Gasteiger partial charge in [0.15, 0.2) is 0 Å². The number of hydrogen-bond donors (Lipinski definition) is 2. The molecule has 1 aromatic rings. The van der Waals surface area contributed by atoms with E-state index in [1.54, 1.807) is 0 Å². The Balaban J connectivity index is 1.90. The van der Waals surface area contributed by atoms with Crippen molar-refractivity contribution in [2.24, 2.45) is 0 Å². The van der Waals surface area contributed by atoms with Gasteiger partial charge in [-0.2, -0.15) is 0 Å². The summed E-state index contributed by atoms with van der Waals surface area (Å²) in [6.07, 6.45) is 1.66. The molecule has 18 heavy (non-hydrogen) atoms. The number of benzene rings is 1. The second-order valence-corrected chi connectivity index (χ2v) is 4.75. The molecule has 2 N–H and O–H groups in total. The van der Waals surface area contributed by atoms with Crippen molar-refractivity contribution in [1.29, 1.82) is 0 Å². The molecule has 2 rings (SSSR count). The third kappa shape index (κ3) is 3.01. The predicted octanol–water partition coefficient (Wildman–Crippen LogP) is 2.04. The molecule has 4 heteroatoms. The molecule has 1 aliphatic rings. The van der Waals surface area contributed by atoms with Crippen LogP contribution in [0.4, 0.5) is 5.69 Å². The Hall–Kier alpha value is -1.55. The molecule has 0 radical (unpaired) electrons. The molecule has 1 aromatic carbocycles. The van der Waals surface area contributed by atoms with E-state index in [9.17, 15) is 4.79 Å². The number of hydrogen-bond acceptors (Lipinski definition) is 3. The number of rotatable bonds is 5. The highest BCUT2D eigenvalue weighted by atomic mass is 16.4. The number of anilines is 1. The summed E-state index contributed by atoms with van der Waals surface area (Å²) in [5, 5.41) is 12.6. The lowest BCUT2D eigenvalue weighted by Crippen LogP contribution is -2.40. The quantitative estimate of drug-likeness (QED) is 0.837. The van der Waals surface area contributed by atoms with E-state index in [1.165, 1.54) is 0 Å². The smallest absolute Gasteiger partial charge is 0.320 e. The first-order valence-electron chi connectivity index (χ1n) is 6.49. The molecular weight excluding hydrogens is 228 g/mol. The molecule has 0 saturated carbocycles. The van der Waals surface area contributed by atoms with E-state index in [-0.39, 0.29) is 6.04 Å². The summed E-state index contributed by atoms with van der Waals surface area (Å²) in [5.41, 5.74) is 1.10. The molecule has 1 saturated heterocycles. The van der Waals surface area contributed by atoms with Crippen LogP contribution in [0.5, 0.6) is 0 Å². The molecule has 1 heterocycles. The summed E-state index contributed by atoms with van der Waals surface area (Å²) in [7, 11) is 0. The number of carboxylic acids is 1. The maximum Gasteiger partial charge on any atom is 0.320 e. The molecular formula is C14H20N2O2. The van der Waals surface area contributed by atoms with Gasteiger partial charge in [-0.25, -0.2) is 0 Å². The molecule has 1 aliphatic heterocycles. The average molecular weight is 248 g/mol. The van der Waals surface area contributed by atoms with Crippen LogP contribution in [0.15, 0.2) is 30.3 Å². The lowest BCUT2D eigenvalue weighted by Gasteiger charge is -2.23. The van der Waals surface area contributed by atoms with Gasteiger partial charge in [0.1, 0.15) is 6.04 Å². The van der Waals surface area contributed by atoms with Crippen LogP contribution in [0.3, 0.4) is 0 Å². The number of aliphatic carboxylic acids is 1. The van der Waals surface area contributed by atoms with Gasteiger partial charge in [0.25, 0.3) is 0 Å². The van der Waals surface area contributed by atoms with Gasteiger partial charge in [0.2, 0.25) is 0 Å². The maximum atomic E-state index is 11.1. The van der Waals surface area contributed by atoms with Crippen LogP contribution in [0.25, 0.3) is 0 Å². The molecule has 0 spiro atoms. The minimum absolute atomic E-state index is 0.340. The Kier molecular flexibility index (Phi) is 4.20. The van der Waals surface area contributed by atoms with Crippen LogP contribution >= 0.6 is 0 Å². The van der Waals surface area contributed by atoms with Crippen LogP contribution in [-0.2, 0) is 4.79 Å². The SMILES string of the molecule is CC[C@@H](C(=O)O)N1CC[C@@H](Nc2ccccc2)C1. The highest BCUT2D eigenvalue weighted by Gasteiger charge is 2.30. The summed E-state index contributed by atoms with van der Waals surface area (Å²) < 4.78 is 0. The fourth-order valence-electron chi connectivity index (χ4n) is 2.55. The van der Waals surface area contributed by atoms with E-state index in [0.29, 0.717) is 12.5 Å². The third-order valence-corrected chi connectivity index (χ3v) is 3.48. The Labute approximate surface area is 108 Å². The van der Waals surface area contributed by atoms with Crippen molar-refractivity contribution in [3.8, 4) is 0 Å². The van der Waals surface area contributed by atoms with Crippen molar-refractivity contribution >= 4 is 11.7 Å². The van der Waals surface area contributed by atoms with E-state index >= 15 is 0 Å². The molecule has 0 aromatic heterocycles. The van der Waals surface area contributed by atoms with Gasteiger partial charge in [-0.3, -0.25) is 9.69 Å². The van der Waals surface area contributed by atoms with E-state index in [2.05, 4.69) is 10.2 Å². The Bertz CT molecular complexity index is 394. The summed E-state index contributed by atoms with van der Waals surface area (Å²) in [6.45, 7) is 3.59. The third-order valence-electron chi connectivity index (χ3n) is 3.48. The Morgan fingerprint density at radius 3 is 2.83 bits per heavy atom. The van der Waals surface area contributed by atoms with Crippen molar-refractivity contribution in [2.75, 3.05) is 18.4 Å². The van der Waals surface area contributed by atoms with Crippen LogP contribution in [-0.4, -0.2) is 41.1 Å². The standard InChI is InChI=1S/C14H20N2O2/c1-2-13(14(17)18)16-9-8-12(10-16)15-11-6-4-3-5-7-11/h3-7,12-13,15H,2,8-10H2,1H3,(H,17,18)/t12-,13+/m1/s1. The maximum absolute atomic E-state index is 11.1. The zero-order chi connectivity index (χ0) is 13.0. The van der Waals surface area contributed by atoms with Crippen molar-refractivity contribution in [3.63, 3.8) is 0 Å². The summed E-state index contributed by atoms with van der Waals surface area (Å²) in [6, 6.07) is 10.1. The van der Waals surface area contributed by atoms with Gasteiger partial charge in [-0.1, -0.05) is 25.1 Å². The van der Waals surface area contributed by atoms with Crippen LogP contribution in [0.1, 0.15) is 19.8 Å². The topological polar surface area (TPSA) is 52.6 Å². The Morgan fingerprint density at radius 1 is 1.50 bits per heavy atom. The second kappa shape index (κ2) is 5.87. The van der Waals surface area contributed by atoms with Gasteiger partial charge in [0, 0.05) is 24.8 Å².